The van der Waals surface area contributed by atoms with Crippen LogP contribution >= 0.6 is 0 Å². The quantitative estimate of drug-likeness (QED) is 0.826. The molecule has 1 aromatic carbocycles. The molecule has 2 nitrogen and oxygen atoms in total. The first-order chi connectivity index (χ1) is 7.60. The highest BCUT2D eigenvalue weighted by atomic mass is 15.1. The number of anilines is 1. The molecule has 0 spiro atoms. The van der Waals surface area contributed by atoms with Gasteiger partial charge in [0.25, 0.3) is 0 Å². The minimum absolute atomic E-state index is 0.544. The van der Waals surface area contributed by atoms with Gasteiger partial charge in [0.15, 0.2) is 0 Å². The van der Waals surface area contributed by atoms with Gasteiger partial charge in [0.1, 0.15) is 0 Å². The first-order valence-electron chi connectivity index (χ1n) is 6.16. The third-order valence-electron chi connectivity index (χ3n) is 2.89. The summed E-state index contributed by atoms with van der Waals surface area (Å²) < 4.78 is 0. The summed E-state index contributed by atoms with van der Waals surface area (Å²) in [6, 6.07) is 7.07. The van der Waals surface area contributed by atoms with Gasteiger partial charge in [0.05, 0.1) is 0 Å². The van der Waals surface area contributed by atoms with Crippen LogP contribution in [0, 0.1) is 6.92 Å². The Morgan fingerprint density at radius 3 is 2.44 bits per heavy atom. The van der Waals surface area contributed by atoms with Crippen LogP contribution in [-0.2, 0) is 6.54 Å². The maximum absolute atomic E-state index is 5.65. The van der Waals surface area contributed by atoms with E-state index in [-0.39, 0.29) is 0 Å². The van der Waals surface area contributed by atoms with Crippen molar-refractivity contribution >= 4 is 5.69 Å². The fraction of sp³-hybridized carbons (Fsp3) is 0.571. The van der Waals surface area contributed by atoms with E-state index in [1.54, 1.807) is 0 Å². The second-order valence-electron chi connectivity index (χ2n) is 4.61. The Balaban J connectivity index is 3.00. The standard InChI is InChI=1S/C14H24N2/c1-5-8-16(11(2)3)14-7-6-13(10-15)9-12(14)4/h6-7,9,11H,5,8,10,15H2,1-4H3. The molecule has 1 aromatic rings. The molecule has 0 saturated carbocycles. The van der Waals surface area contributed by atoms with Gasteiger partial charge in [0.2, 0.25) is 0 Å². The smallest absolute Gasteiger partial charge is 0.0398 e. The summed E-state index contributed by atoms with van der Waals surface area (Å²) in [6.45, 7) is 10.6. The fourth-order valence-corrected chi connectivity index (χ4v) is 2.06. The zero-order chi connectivity index (χ0) is 12.1. The van der Waals surface area contributed by atoms with Crippen molar-refractivity contribution in [2.45, 2.75) is 46.7 Å². The molecule has 0 bridgehead atoms. The largest absolute Gasteiger partial charge is 0.369 e. The SMILES string of the molecule is CCCN(c1ccc(CN)cc1C)C(C)C. The second kappa shape index (κ2) is 5.90. The molecule has 0 radical (unpaired) electrons. The molecule has 2 heteroatoms. The molecule has 0 aliphatic rings. The Morgan fingerprint density at radius 1 is 1.31 bits per heavy atom. The molecule has 2 N–H and O–H groups in total. The van der Waals surface area contributed by atoms with Gasteiger partial charge in [-0.1, -0.05) is 19.1 Å². The van der Waals surface area contributed by atoms with Crippen LogP contribution in [0.3, 0.4) is 0 Å². The highest BCUT2D eigenvalue weighted by Crippen LogP contribution is 2.23. The summed E-state index contributed by atoms with van der Waals surface area (Å²) in [5.74, 6) is 0. The summed E-state index contributed by atoms with van der Waals surface area (Å²) >= 11 is 0. The number of hydrogen-bond acceptors (Lipinski definition) is 2. The molecule has 0 aliphatic heterocycles. The molecule has 0 atom stereocenters. The Morgan fingerprint density at radius 2 is 2.00 bits per heavy atom. The lowest BCUT2D eigenvalue weighted by molar-refractivity contribution is 0.669. The second-order valence-corrected chi connectivity index (χ2v) is 4.61. The van der Waals surface area contributed by atoms with Crippen LogP contribution in [0.25, 0.3) is 0 Å². The predicted octanol–water partition coefficient (Wildman–Crippen LogP) is 3.08. The Labute approximate surface area is 99.5 Å². The lowest BCUT2D eigenvalue weighted by atomic mass is 10.1. The van der Waals surface area contributed by atoms with E-state index in [0.29, 0.717) is 12.6 Å². The van der Waals surface area contributed by atoms with E-state index in [0.717, 1.165) is 6.54 Å². The predicted molar refractivity (Wildman–Crippen MR) is 71.8 cm³/mol. The molecule has 0 aromatic heterocycles. The van der Waals surface area contributed by atoms with Crippen LogP contribution in [0.15, 0.2) is 18.2 Å². The third kappa shape index (κ3) is 2.99. The zero-order valence-electron chi connectivity index (χ0n) is 11.0. The Kier molecular flexibility index (Phi) is 4.81. The monoisotopic (exact) mass is 220 g/mol. The van der Waals surface area contributed by atoms with E-state index in [2.05, 4.69) is 50.8 Å². The number of nitrogens with two attached hydrogens (primary N) is 1. The molecule has 90 valence electrons. The lowest BCUT2D eigenvalue weighted by Gasteiger charge is -2.30. The van der Waals surface area contributed by atoms with Crippen LogP contribution in [0.2, 0.25) is 0 Å². The minimum Gasteiger partial charge on any atom is -0.369 e. The van der Waals surface area contributed by atoms with Crippen molar-refractivity contribution in [1.29, 1.82) is 0 Å². The molecular weight excluding hydrogens is 196 g/mol. The molecule has 16 heavy (non-hydrogen) atoms. The number of hydrogen-bond donors (Lipinski definition) is 1. The van der Waals surface area contributed by atoms with Gasteiger partial charge >= 0.3 is 0 Å². The summed E-state index contributed by atoms with van der Waals surface area (Å²) in [4.78, 5) is 2.45. The van der Waals surface area contributed by atoms with Crippen LogP contribution in [0.1, 0.15) is 38.3 Å². The topological polar surface area (TPSA) is 29.3 Å². The van der Waals surface area contributed by atoms with Crippen LogP contribution in [0.5, 0.6) is 0 Å². The molecule has 0 aliphatic carbocycles. The van der Waals surface area contributed by atoms with Gasteiger partial charge < -0.3 is 10.6 Å². The fourth-order valence-electron chi connectivity index (χ4n) is 2.06. The van der Waals surface area contributed by atoms with Gasteiger partial charge in [-0.05, 0) is 44.4 Å². The molecule has 1 rings (SSSR count). The van der Waals surface area contributed by atoms with Gasteiger partial charge in [0, 0.05) is 24.8 Å². The Bertz CT molecular complexity index is 332. The van der Waals surface area contributed by atoms with Crippen molar-refractivity contribution in [1.82, 2.24) is 0 Å². The van der Waals surface area contributed by atoms with E-state index in [4.69, 9.17) is 5.73 Å². The van der Waals surface area contributed by atoms with Crippen molar-refractivity contribution in [2.24, 2.45) is 5.73 Å². The average Bonchev–Trinajstić information content (AvgIpc) is 2.26. The summed E-state index contributed by atoms with van der Waals surface area (Å²) in [5.41, 5.74) is 9.53. The first-order valence-corrected chi connectivity index (χ1v) is 6.16. The normalized spacial score (nSPS) is 10.9. The van der Waals surface area contributed by atoms with E-state index in [1.807, 2.05) is 0 Å². The molecule has 0 saturated heterocycles. The van der Waals surface area contributed by atoms with Crippen LogP contribution < -0.4 is 10.6 Å². The first kappa shape index (κ1) is 13.0. The number of benzene rings is 1. The molecule has 0 heterocycles. The van der Waals surface area contributed by atoms with E-state index >= 15 is 0 Å². The number of nitrogens with zero attached hydrogens (tertiary/aromatic N) is 1. The minimum atomic E-state index is 0.544. The van der Waals surface area contributed by atoms with Crippen LogP contribution in [0.4, 0.5) is 5.69 Å². The summed E-state index contributed by atoms with van der Waals surface area (Å²) in [6.07, 6.45) is 1.18. The Hall–Kier alpha value is -1.02. The zero-order valence-corrected chi connectivity index (χ0v) is 11.0. The van der Waals surface area contributed by atoms with Crippen molar-refractivity contribution in [3.63, 3.8) is 0 Å². The van der Waals surface area contributed by atoms with Crippen molar-refractivity contribution in [3.8, 4) is 0 Å². The highest BCUT2D eigenvalue weighted by molar-refractivity contribution is 5.55. The van der Waals surface area contributed by atoms with Crippen LogP contribution in [-0.4, -0.2) is 12.6 Å². The lowest BCUT2D eigenvalue weighted by Crippen LogP contribution is -2.32. The maximum Gasteiger partial charge on any atom is 0.0398 e. The summed E-state index contributed by atoms with van der Waals surface area (Å²) in [7, 11) is 0. The van der Waals surface area contributed by atoms with Gasteiger partial charge in [-0.15, -0.1) is 0 Å². The third-order valence-corrected chi connectivity index (χ3v) is 2.89. The van der Waals surface area contributed by atoms with Gasteiger partial charge in [-0.25, -0.2) is 0 Å². The van der Waals surface area contributed by atoms with Gasteiger partial charge in [-0.2, -0.15) is 0 Å². The molecule has 0 fully saturated rings. The average molecular weight is 220 g/mol. The van der Waals surface area contributed by atoms with E-state index in [1.165, 1.54) is 23.2 Å². The van der Waals surface area contributed by atoms with E-state index < -0.39 is 0 Å². The van der Waals surface area contributed by atoms with Crippen molar-refractivity contribution in [2.75, 3.05) is 11.4 Å². The van der Waals surface area contributed by atoms with Crippen molar-refractivity contribution < 1.29 is 0 Å². The van der Waals surface area contributed by atoms with E-state index in [9.17, 15) is 0 Å². The molecule has 0 amide bonds. The summed E-state index contributed by atoms with van der Waals surface area (Å²) in [5, 5.41) is 0. The molecular formula is C14H24N2. The number of rotatable bonds is 5. The maximum atomic E-state index is 5.65. The van der Waals surface area contributed by atoms with Crippen molar-refractivity contribution in [3.05, 3.63) is 29.3 Å². The van der Waals surface area contributed by atoms with Gasteiger partial charge in [-0.3, -0.25) is 0 Å². The number of aryl methyl sites for hydroxylation is 1. The molecule has 0 unspecified atom stereocenters. The highest BCUT2D eigenvalue weighted by Gasteiger charge is 2.11.